The number of nitrogens with zero attached hydrogens (tertiary/aromatic N) is 1. The molecule has 0 saturated carbocycles. The minimum absolute atomic E-state index is 0.0627. The Labute approximate surface area is 207 Å². The van der Waals surface area contributed by atoms with Crippen LogP contribution in [0.25, 0.3) is 32.4 Å². The molecule has 176 valence electrons. The van der Waals surface area contributed by atoms with E-state index in [9.17, 15) is 4.79 Å². The fraction of sp³-hybridized carbons (Fsp3) is 0.241. The van der Waals surface area contributed by atoms with Crippen molar-refractivity contribution >= 4 is 32.3 Å². The topological polar surface area (TPSA) is 64.2 Å². The molecule has 0 saturated heterocycles. The molecule has 0 spiro atoms. The van der Waals surface area contributed by atoms with Crippen molar-refractivity contribution in [2.75, 3.05) is 7.11 Å². The number of methoxy groups -OCH3 is 1. The van der Waals surface area contributed by atoms with Crippen molar-refractivity contribution in [3.63, 3.8) is 0 Å². The van der Waals surface area contributed by atoms with Crippen LogP contribution in [0.5, 0.6) is 11.5 Å². The van der Waals surface area contributed by atoms with E-state index < -0.39 is 0 Å². The van der Waals surface area contributed by atoms with E-state index in [1.807, 2.05) is 36.4 Å². The van der Waals surface area contributed by atoms with Crippen LogP contribution in [0.4, 0.5) is 0 Å². The molecule has 2 heterocycles. The zero-order valence-electron chi connectivity index (χ0n) is 19.8. The van der Waals surface area contributed by atoms with E-state index in [0.717, 1.165) is 40.6 Å². The lowest BCUT2D eigenvalue weighted by Crippen LogP contribution is -2.13. The molecule has 0 bridgehead atoms. The van der Waals surface area contributed by atoms with Crippen LogP contribution in [-0.2, 0) is 19.4 Å². The number of aromatic nitrogens is 2. The molecule has 5 nitrogen and oxygen atoms in total. The second kappa shape index (κ2) is 8.86. The molecule has 0 radical (unpaired) electrons. The maximum atomic E-state index is 13.0. The van der Waals surface area contributed by atoms with Crippen LogP contribution in [0, 0.1) is 5.92 Å². The Morgan fingerprint density at radius 1 is 1.09 bits per heavy atom. The SMILES string of the molecule is COc1cc(-c2nc3sc4c(c3c(=O)[nH]2)CC[C@H](C)C4)ccc1OCc1cccc2ccccc12. The average molecular weight is 483 g/mol. The summed E-state index contributed by atoms with van der Waals surface area (Å²) in [7, 11) is 1.62. The number of aryl methyl sites for hydroxylation is 1. The summed E-state index contributed by atoms with van der Waals surface area (Å²) in [5.74, 6) is 2.45. The number of nitrogens with one attached hydrogen (secondary N) is 1. The van der Waals surface area contributed by atoms with E-state index in [-0.39, 0.29) is 5.56 Å². The number of fused-ring (bicyclic) bond motifs is 4. The quantitative estimate of drug-likeness (QED) is 0.310. The normalized spacial score (nSPS) is 15.3. The Morgan fingerprint density at radius 3 is 2.83 bits per heavy atom. The van der Waals surface area contributed by atoms with Gasteiger partial charge in [0.05, 0.1) is 12.5 Å². The molecule has 0 amide bonds. The second-order valence-electron chi connectivity index (χ2n) is 9.24. The van der Waals surface area contributed by atoms with Gasteiger partial charge in [0.15, 0.2) is 11.5 Å². The summed E-state index contributed by atoms with van der Waals surface area (Å²) in [6.07, 6.45) is 3.11. The molecule has 1 N–H and O–H groups in total. The van der Waals surface area contributed by atoms with Gasteiger partial charge in [-0.2, -0.15) is 0 Å². The predicted octanol–water partition coefficient (Wildman–Crippen LogP) is 6.52. The highest BCUT2D eigenvalue weighted by Gasteiger charge is 2.23. The fourth-order valence-corrected chi connectivity index (χ4v) is 6.38. The van der Waals surface area contributed by atoms with Crippen LogP contribution in [-0.4, -0.2) is 17.1 Å². The third-order valence-corrected chi connectivity index (χ3v) is 8.01. The van der Waals surface area contributed by atoms with Gasteiger partial charge in [0.2, 0.25) is 0 Å². The molecule has 1 atom stereocenters. The Bertz CT molecular complexity index is 1610. The van der Waals surface area contributed by atoms with Gasteiger partial charge >= 0.3 is 0 Å². The summed E-state index contributed by atoms with van der Waals surface area (Å²) < 4.78 is 11.8. The van der Waals surface area contributed by atoms with Crippen LogP contribution < -0.4 is 15.0 Å². The standard InChI is InChI=1S/C29H26N2O3S/c1-17-10-12-22-25(14-17)35-29-26(22)28(32)30-27(31-29)19-11-13-23(24(15-19)33-2)34-16-20-8-5-7-18-6-3-4-9-21(18)20/h3-9,11,13,15,17H,10,12,14,16H2,1-2H3,(H,30,31,32)/t17-/m0/s1. The number of thiophene rings is 1. The summed E-state index contributed by atoms with van der Waals surface area (Å²) in [4.78, 5) is 23.0. The minimum Gasteiger partial charge on any atom is -0.493 e. The molecule has 2 aromatic heterocycles. The zero-order chi connectivity index (χ0) is 23.9. The van der Waals surface area contributed by atoms with E-state index >= 15 is 0 Å². The molecule has 1 aliphatic rings. The van der Waals surface area contributed by atoms with Crippen LogP contribution in [0.3, 0.4) is 0 Å². The van der Waals surface area contributed by atoms with Crippen molar-refractivity contribution < 1.29 is 9.47 Å². The number of benzene rings is 3. The third-order valence-electron chi connectivity index (χ3n) is 6.87. The molecular weight excluding hydrogens is 456 g/mol. The molecule has 3 aromatic carbocycles. The summed E-state index contributed by atoms with van der Waals surface area (Å²) in [6, 6.07) is 20.2. The number of ether oxygens (including phenoxy) is 2. The highest BCUT2D eigenvalue weighted by atomic mass is 32.1. The van der Waals surface area contributed by atoms with Crippen molar-refractivity contribution in [3.8, 4) is 22.9 Å². The summed E-state index contributed by atoms with van der Waals surface area (Å²) >= 11 is 1.66. The molecule has 6 rings (SSSR count). The Balaban J connectivity index is 1.31. The van der Waals surface area contributed by atoms with Crippen molar-refractivity contribution in [2.45, 2.75) is 32.8 Å². The van der Waals surface area contributed by atoms with Crippen molar-refractivity contribution in [2.24, 2.45) is 5.92 Å². The van der Waals surface area contributed by atoms with Gasteiger partial charge in [0, 0.05) is 10.4 Å². The van der Waals surface area contributed by atoms with E-state index in [0.29, 0.717) is 29.8 Å². The first-order chi connectivity index (χ1) is 17.1. The second-order valence-corrected chi connectivity index (χ2v) is 10.3. The predicted molar refractivity (Wildman–Crippen MR) is 142 cm³/mol. The van der Waals surface area contributed by atoms with Gasteiger partial charge in [-0.3, -0.25) is 4.79 Å². The van der Waals surface area contributed by atoms with Gasteiger partial charge in [0.25, 0.3) is 5.56 Å². The molecule has 0 aliphatic heterocycles. The number of aromatic amines is 1. The van der Waals surface area contributed by atoms with Gasteiger partial charge in [-0.15, -0.1) is 11.3 Å². The number of hydrogen-bond donors (Lipinski definition) is 1. The fourth-order valence-electron chi connectivity index (χ4n) is 4.99. The lowest BCUT2D eigenvalue weighted by Gasteiger charge is -2.17. The van der Waals surface area contributed by atoms with E-state index in [4.69, 9.17) is 14.5 Å². The van der Waals surface area contributed by atoms with Crippen molar-refractivity contribution in [3.05, 3.63) is 87.0 Å². The van der Waals surface area contributed by atoms with E-state index in [2.05, 4.69) is 36.2 Å². The summed E-state index contributed by atoms with van der Waals surface area (Å²) in [5.41, 5.74) is 3.03. The van der Waals surface area contributed by atoms with Gasteiger partial charge in [-0.25, -0.2) is 4.98 Å². The number of H-pyrrole nitrogens is 1. The lowest BCUT2D eigenvalue weighted by atomic mass is 9.89. The maximum Gasteiger partial charge on any atom is 0.260 e. The Kier molecular flexibility index (Phi) is 5.53. The molecule has 5 aromatic rings. The van der Waals surface area contributed by atoms with E-state index in [1.54, 1.807) is 18.4 Å². The molecule has 6 heteroatoms. The van der Waals surface area contributed by atoms with Crippen LogP contribution in [0.15, 0.2) is 65.5 Å². The Hall–Kier alpha value is -3.64. The van der Waals surface area contributed by atoms with E-state index in [1.165, 1.54) is 21.2 Å². The molecule has 35 heavy (non-hydrogen) atoms. The largest absolute Gasteiger partial charge is 0.493 e. The molecular formula is C29H26N2O3S. The summed E-state index contributed by atoms with van der Waals surface area (Å²) in [5, 5.41) is 3.13. The van der Waals surface area contributed by atoms with Crippen LogP contribution >= 0.6 is 11.3 Å². The van der Waals surface area contributed by atoms with Gasteiger partial charge in [0.1, 0.15) is 17.3 Å². The molecule has 0 unspecified atom stereocenters. The average Bonchev–Trinajstić information content (AvgIpc) is 3.25. The highest BCUT2D eigenvalue weighted by Crippen LogP contribution is 2.37. The first-order valence-corrected chi connectivity index (χ1v) is 12.7. The van der Waals surface area contributed by atoms with Crippen molar-refractivity contribution in [1.29, 1.82) is 0 Å². The third kappa shape index (κ3) is 3.98. The minimum atomic E-state index is -0.0627. The summed E-state index contributed by atoms with van der Waals surface area (Å²) in [6.45, 7) is 2.70. The molecule has 0 fully saturated rings. The number of hydrogen-bond acceptors (Lipinski definition) is 5. The molecule has 1 aliphatic carbocycles. The van der Waals surface area contributed by atoms with Gasteiger partial charge in [-0.05, 0) is 65.3 Å². The number of rotatable bonds is 5. The maximum absolute atomic E-state index is 13.0. The highest BCUT2D eigenvalue weighted by molar-refractivity contribution is 7.18. The first kappa shape index (κ1) is 21.9. The monoisotopic (exact) mass is 482 g/mol. The van der Waals surface area contributed by atoms with Crippen molar-refractivity contribution in [1.82, 2.24) is 9.97 Å². The zero-order valence-corrected chi connectivity index (χ0v) is 20.6. The van der Waals surface area contributed by atoms with Gasteiger partial charge in [-0.1, -0.05) is 49.4 Å². The lowest BCUT2D eigenvalue weighted by molar-refractivity contribution is 0.286. The van der Waals surface area contributed by atoms with Crippen LogP contribution in [0.2, 0.25) is 0 Å². The van der Waals surface area contributed by atoms with Crippen LogP contribution in [0.1, 0.15) is 29.3 Å². The smallest absolute Gasteiger partial charge is 0.260 e. The van der Waals surface area contributed by atoms with Gasteiger partial charge < -0.3 is 14.5 Å². The Morgan fingerprint density at radius 2 is 1.94 bits per heavy atom. The first-order valence-electron chi connectivity index (χ1n) is 11.9.